The van der Waals surface area contributed by atoms with Crippen molar-refractivity contribution in [2.45, 2.75) is 45.6 Å². The Bertz CT molecular complexity index is 657. The molecule has 0 bridgehead atoms. The van der Waals surface area contributed by atoms with E-state index in [0.29, 0.717) is 23.6 Å². The number of likely N-dealkylation sites (N-methyl/N-ethyl adjacent to an activating group) is 1. The van der Waals surface area contributed by atoms with Crippen molar-refractivity contribution in [3.63, 3.8) is 0 Å². The number of carbonyl (C=O) groups excluding carboxylic acids is 3. The molecule has 5 nitrogen and oxygen atoms in total. The van der Waals surface area contributed by atoms with Gasteiger partial charge in [-0.25, -0.2) is 0 Å². The first-order chi connectivity index (χ1) is 11.9. The fraction of sp³-hybridized carbons (Fsp3) is 0.550. The van der Waals surface area contributed by atoms with Crippen LogP contribution in [0.15, 0.2) is 24.3 Å². The molecule has 0 N–H and O–H groups in total. The van der Waals surface area contributed by atoms with E-state index in [1.807, 2.05) is 13.8 Å². The summed E-state index contributed by atoms with van der Waals surface area (Å²) in [7, 11) is 1.79. The molecule has 2 aliphatic rings. The average molecular weight is 342 g/mol. The maximum Gasteiger partial charge on any atom is 0.262 e. The van der Waals surface area contributed by atoms with E-state index in [-0.39, 0.29) is 23.6 Å². The van der Waals surface area contributed by atoms with Crippen LogP contribution in [-0.2, 0) is 4.79 Å². The van der Waals surface area contributed by atoms with Crippen molar-refractivity contribution in [3.05, 3.63) is 35.4 Å². The summed E-state index contributed by atoms with van der Waals surface area (Å²) in [4.78, 5) is 41.5. The van der Waals surface area contributed by atoms with Gasteiger partial charge in [0, 0.05) is 13.6 Å². The molecule has 5 heteroatoms. The molecule has 0 radical (unpaired) electrons. The van der Waals surface area contributed by atoms with E-state index in [1.165, 1.54) is 17.7 Å². The minimum Gasteiger partial charge on any atom is -0.344 e. The second kappa shape index (κ2) is 6.98. The molecule has 3 rings (SSSR count). The molecule has 1 aliphatic heterocycles. The number of hydrogen-bond donors (Lipinski definition) is 0. The lowest BCUT2D eigenvalue weighted by Crippen LogP contribution is -2.53. The van der Waals surface area contributed by atoms with Crippen LogP contribution in [0.5, 0.6) is 0 Å². The van der Waals surface area contributed by atoms with Crippen LogP contribution in [0.25, 0.3) is 0 Å². The van der Waals surface area contributed by atoms with E-state index in [1.54, 1.807) is 36.2 Å². The Balaban J connectivity index is 1.83. The van der Waals surface area contributed by atoms with E-state index in [4.69, 9.17) is 0 Å². The molecular formula is C20H26N2O3. The standard InChI is InChI=1S/C20H26N2O3/c1-13(2)17(20(25)21(3)12-14-8-4-5-9-14)22-18(23)15-10-6-7-11-16(15)19(22)24/h6-7,10-11,13-14,17H,4-5,8-9,12H2,1-3H3/t17-/m1/s1. The van der Waals surface area contributed by atoms with E-state index >= 15 is 0 Å². The SMILES string of the molecule is CC(C)[C@H](C(=O)N(C)CC1CCCC1)N1C(=O)c2ccccc2C1=O. The predicted molar refractivity (Wildman–Crippen MR) is 95.2 cm³/mol. The quantitative estimate of drug-likeness (QED) is 0.773. The monoisotopic (exact) mass is 342 g/mol. The number of hydrogen-bond acceptors (Lipinski definition) is 3. The van der Waals surface area contributed by atoms with Crippen molar-refractivity contribution in [1.82, 2.24) is 9.80 Å². The van der Waals surface area contributed by atoms with Crippen LogP contribution in [-0.4, -0.2) is 47.2 Å². The Morgan fingerprint density at radius 2 is 1.64 bits per heavy atom. The number of rotatable bonds is 5. The third-order valence-corrected chi connectivity index (χ3v) is 5.37. The largest absolute Gasteiger partial charge is 0.344 e. The van der Waals surface area contributed by atoms with E-state index in [9.17, 15) is 14.4 Å². The highest BCUT2D eigenvalue weighted by atomic mass is 16.2. The molecule has 0 aromatic heterocycles. The molecule has 0 unspecified atom stereocenters. The lowest BCUT2D eigenvalue weighted by Gasteiger charge is -2.32. The number of fused-ring (bicyclic) bond motifs is 1. The third kappa shape index (κ3) is 3.20. The normalized spacial score (nSPS) is 18.8. The fourth-order valence-electron chi connectivity index (χ4n) is 4.05. The van der Waals surface area contributed by atoms with Crippen LogP contribution in [0.1, 0.15) is 60.2 Å². The molecule has 1 aromatic rings. The zero-order chi connectivity index (χ0) is 18.1. The summed E-state index contributed by atoms with van der Waals surface area (Å²) < 4.78 is 0. The molecule has 1 atom stereocenters. The molecule has 0 saturated heterocycles. The minimum absolute atomic E-state index is 0.138. The number of nitrogens with zero attached hydrogens (tertiary/aromatic N) is 2. The Kier molecular flexibility index (Phi) is 4.93. The lowest BCUT2D eigenvalue weighted by molar-refractivity contribution is -0.136. The van der Waals surface area contributed by atoms with Crippen LogP contribution >= 0.6 is 0 Å². The van der Waals surface area contributed by atoms with Gasteiger partial charge in [-0.1, -0.05) is 38.8 Å². The van der Waals surface area contributed by atoms with Crippen molar-refractivity contribution < 1.29 is 14.4 Å². The van der Waals surface area contributed by atoms with Crippen molar-refractivity contribution in [2.75, 3.05) is 13.6 Å². The van der Waals surface area contributed by atoms with Gasteiger partial charge < -0.3 is 4.90 Å². The maximum atomic E-state index is 13.1. The van der Waals surface area contributed by atoms with Crippen LogP contribution in [0.3, 0.4) is 0 Å². The van der Waals surface area contributed by atoms with Gasteiger partial charge in [-0.3, -0.25) is 19.3 Å². The summed E-state index contributed by atoms with van der Waals surface area (Å²) in [5.41, 5.74) is 0.786. The number of carbonyl (C=O) groups is 3. The highest BCUT2D eigenvalue weighted by Crippen LogP contribution is 2.29. The van der Waals surface area contributed by atoms with Gasteiger partial charge in [0.15, 0.2) is 0 Å². The summed E-state index contributed by atoms with van der Waals surface area (Å²) in [6.45, 7) is 4.47. The molecule has 1 heterocycles. The number of imide groups is 1. The molecule has 1 fully saturated rings. The second-order valence-electron chi connectivity index (χ2n) is 7.58. The third-order valence-electron chi connectivity index (χ3n) is 5.37. The first kappa shape index (κ1) is 17.6. The molecular weight excluding hydrogens is 316 g/mol. The van der Waals surface area contributed by atoms with E-state index < -0.39 is 6.04 Å². The highest BCUT2D eigenvalue weighted by molar-refractivity contribution is 6.22. The molecule has 134 valence electrons. The minimum atomic E-state index is -0.751. The van der Waals surface area contributed by atoms with Gasteiger partial charge in [-0.05, 0) is 36.8 Å². The highest BCUT2D eigenvalue weighted by Gasteiger charge is 2.44. The van der Waals surface area contributed by atoms with Crippen molar-refractivity contribution in [1.29, 1.82) is 0 Å². The molecule has 1 aliphatic carbocycles. The van der Waals surface area contributed by atoms with Crippen LogP contribution in [0, 0.1) is 11.8 Å². The van der Waals surface area contributed by atoms with E-state index in [2.05, 4.69) is 0 Å². The number of benzene rings is 1. The number of amides is 3. The van der Waals surface area contributed by atoms with Gasteiger partial charge in [-0.15, -0.1) is 0 Å². The van der Waals surface area contributed by atoms with Crippen molar-refractivity contribution in [3.8, 4) is 0 Å². The zero-order valence-electron chi connectivity index (χ0n) is 15.2. The van der Waals surface area contributed by atoms with Crippen molar-refractivity contribution in [2.24, 2.45) is 11.8 Å². The second-order valence-corrected chi connectivity index (χ2v) is 7.58. The molecule has 1 saturated carbocycles. The summed E-state index contributed by atoms with van der Waals surface area (Å²) >= 11 is 0. The van der Waals surface area contributed by atoms with Crippen LogP contribution < -0.4 is 0 Å². The van der Waals surface area contributed by atoms with Crippen molar-refractivity contribution >= 4 is 17.7 Å². The van der Waals surface area contributed by atoms with Gasteiger partial charge in [0.25, 0.3) is 11.8 Å². The van der Waals surface area contributed by atoms with Gasteiger partial charge in [0.2, 0.25) is 5.91 Å². The summed E-state index contributed by atoms with van der Waals surface area (Å²) in [6.07, 6.45) is 4.74. The van der Waals surface area contributed by atoms with Gasteiger partial charge in [-0.2, -0.15) is 0 Å². The summed E-state index contributed by atoms with van der Waals surface area (Å²) in [5.74, 6) is -0.468. The summed E-state index contributed by atoms with van der Waals surface area (Å²) in [6, 6.07) is 6.04. The Morgan fingerprint density at radius 3 is 2.12 bits per heavy atom. The van der Waals surface area contributed by atoms with Gasteiger partial charge >= 0.3 is 0 Å². The predicted octanol–water partition coefficient (Wildman–Crippen LogP) is 2.96. The molecule has 1 aromatic carbocycles. The van der Waals surface area contributed by atoms with Crippen LogP contribution in [0.2, 0.25) is 0 Å². The maximum absolute atomic E-state index is 13.1. The zero-order valence-corrected chi connectivity index (χ0v) is 15.2. The smallest absolute Gasteiger partial charge is 0.262 e. The fourth-order valence-corrected chi connectivity index (χ4v) is 4.05. The van der Waals surface area contributed by atoms with Gasteiger partial charge in [0.05, 0.1) is 11.1 Å². The molecule has 0 spiro atoms. The molecule has 25 heavy (non-hydrogen) atoms. The van der Waals surface area contributed by atoms with Crippen LogP contribution in [0.4, 0.5) is 0 Å². The first-order valence-corrected chi connectivity index (χ1v) is 9.13. The Hall–Kier alpha value is -2.17. The van der Waals surface area contributed by atoms with Gasteiger partial charge in [0.1, 0.15) is 6.04 Å². The topological polar surface area (TPSA) is 57.7 Å². The Morgan fingerprint density at radius 1 is 1.12 bits per heavy atom. The summed E-state index contributed by atoms with van der Waals surface area (Å²) in [5, 5.41) is 0. The molecule has 3 amide bonds. The van der Waals surface area contributed by atoms with E-state index in [0.717, 1.165) is 12.8 Å². The first-order valence-electron chi connectivity index (χ1n) is 9.13. The Labute approximate surface area is 149 Å². The average Bonchev–Trinajstić information content (AvgIpc) is 3.17. The lowest BCUT2D eigenvalue weighted by atomic mass is 10.00.